The Morgan fingerprint density at radius 2 is 2.44 bits per heavy atom. The van der Waals surface area contributed by atoms with Crippen molar-refractivity contribution in [2.45, 2.75) is 25.8 Å². The van der Waals surface area contributed by atoms with Crippen LogP contribution in [0.25, 0.3) is 0 Å². The minimum Gasteiger partial charge on any atom is -0.368 e. The molecule has 0 saturated carbocycles. The smallest absolute Gasteiger partial charge is 0.220 e. The zero-order valence-corrected chi connectivity index (χ0v) is 11.0. The third kappa shape index (κ3) is 3.16. The predicted octanol–water partition coefficient (Wildman–Crippen LogP) is 1.19. The van der Waals surface area contributed by atoms with Crippen molar-refractivity contribution in [2.24, 2.45) is 15.7 Å². The number of rotatable bonds is 2. The Balaban J connectivity index is 2.08. The summed E-state index contributed by atoms with van der Waals surface area (Å²) in [5.41, 5.74) is 6.39. The summed E-state index contributed by atoms with van der Waals surface area (Å²) in [6.07, 6.45) is 7.66. The molecule has 6 heteroatoms. The van der Waals surface area contributed by atoms with Gasteiger partial charge >= 0.3 is 0 Å². The Labute approximate surface area is 107 Å². The summed E-state index contributed by atoms with van der Waals surface area (Å²) in [4.78, 5) is 10.4. The standard InChI is InChI=1S/C12H20N6/c1-3-14-12(13)16-10-7-15-18(8-10)11-5-4-6-17(2)9-11/h3,7-8,11H,4-6,9H2,1-2H3,(H2,13,16). The molecule has 1 aromatic heterocycles. The highest BCUT2D eigenvalue weighted by Gasteiger charge is 2.19. The molecule has 0 aliphatic carbocycles. The highest BCUT2D eigenvalue weighted by Crippen LogP contribution is 2.22. The summed E-state index contributed by atoms with van der Waals surface area (Å²) in [7, 11) is 2.14. The number of aromatic nitrogens is 2. The fourth-order valence-electron chi connectivity index (χ4n) is 2.23. The van der Waals surface area contributed by atoms with Gasteiger partial charge in [0.2, 0.25) is 5.96 Å². The maximum Gasteiger partial charge on any atom is 0.220 e. The number of piperidine rings is 1. The van der Waals surface area contributed by atoms with Gasteiger partial charge in [-0.05, 0) is 33.4 Å². The van der Waals surface area contributed by atoms with Crippen LogP contribution in [-0.2, 0) is 0 Å². The Morgan fingerprint density at radius 3 is 3.17 bits per heavy atom. The van der Waals surface area contributed by atoms with E-state index in [2.05, 4.69) is 27.0 Å². The molecule has 0 aromatic carbocycles. The number of guanidine groups is 1. The van der Waals surface area contributed by atoms with Gasteiger partial charge < -0.3 is 10.6 Å². The summed E-state index contributed by atoms with van der Waals surface area (Å²) < 4.78 is 1.98. The van der Waals surface area contributed by atoms with E-state index in [4.69, 9.17) is 5.73 Å². The van der Waals surface area contributed by atoms with E-state index in [1.165, 1.54) is 13.0 Å². The number of hydrogen-bond acceptors (Lipinski definition) is 3. The molecule has 98 valence electrons. The number of likely N-dealkylation sites (tertiary alicyclic amines) is 1. The third-order valence-corrected chi connectivity index (χ3v) is 3.07. The van der Waals surface area contributed by atoms with Crippen molar-refractivity contribution in [3.8, 4) is 0 Å². The van der Waals surface area contributed by atoms with E-state index in [1.807, 2.05) is 17.8 Å². The Kier molecular flexibility index (Phi) is 4.09. The number of nitrogens with two attached hydrogens (primary N) is 1. The van der Waals surface area contributed by atoms with Gasteiger partial charge in [0.25, 0.3) is 0 Å². The van der Waals surface area contributed by atoms with Crippen molar-refractivity contribution in [1.29, 1.82) is 0 Å². The van der Waals surface area contributed by atoms with Crippen molar-refractivity contribution in [3.05, 3.63) is 12.4 Å². The first-order chi connectivity index (χ1) is 8.69. The average Bonchev–Trinajstić information content (AvgIpc) is 2.78. The molecule has 2 heterocycles. The predicted molar refractivity (Wildman–Crippen MR) is 73.4 cm³/mol. The molecule has 1 aromatic rings. The lowest BCUT2D eigenvalue weighted by atomic mass is 10.1. The summed E-state index contributed by atoms with van der Waals surface area (Å²) in [6, 6.07) is 0.434. The lowest BCUT2D eigenvalue weighted by Crippen LogP contribution is -2.33. The van der Waals surface area contributed by atoms with Crippen LogP contribution in [0.2, 0.25) is 0 Å². The summed E-state index contributed by atoms with van der Waals surface area (Å²) in [5, 5.41) is 4.36. The van der Waals surface area contributed by atoms with Crippen molar-refractivity contribution in [3.63, 3.8) is 0 Å². The van der Waals surface area contributed by atoms with Gasteiger partial charge in [-0.3, -0.25) is 4.68 Å². The van der Waals surface area contributed by atoms with Gasteiger partial charge in [-0.25, -0.2) is 9.98 Å². The maximum atomic E-state index is 5.63. The molecule has 1 fully saturated rings. The molecule has 6 nitrogen and oxygen atoms in total. The van der Waals surface area contributed by atoms with Crippen LogP contribution in [0.15, 0.2) is 22.4 Å². The van der Waals surface area contributed by atoms with Crippen molar-refractivity contribution in [2.75, 3.05) is 20.1 Å². The second kappa shape index (κ2) is 5.77. The molecule has 1 saturated heterocycles. The zero-order valence-electron chi connectivity index (χ0n) is 11.0. The van der Waals surface area contributed by atoms with E-state index < -0.39 is 0 Å². The van der Waals surface area contributed by atoms with Crippen molar-refractivity contribution in [1.82, 2.24) is 14.7 Å². The SMILES string of the molecule is CC=NC(N)=Nc1cnn(C2CCCN(C)C2)c1. The van der Waals surface area contributed by atoms with Gasteiger partial charge in [-0.2, -0.15) is 5.10 Å². The van der Waals surface area contributed by atoms with Gasteiger partial charge in [0.1, 0.15) is 5.69 Å². The largest absolute Gasteiger partial charge is 0.368 e. The molecule has 0 radical (unpaired) electrons. The van der Waals surface area contributed by atoms with Crippen LogP contribution in [0, 0.1) is 0 Å². The number of likely N-dealkylation sites (N-methyl/N-ethyl adjacent to an activating group) is 1. The van der Waals surface area contributed by atoms with Crippen LogP contribution in [-0.4, -0.2) is 47.0 Å². The summed E-state index contributed by atoms with van der Waals surface area (Å²) in [5.74, 6) is 0.262. The Bertz CT molecular complexity index is 447. The lowest BCUT2D eigenvalue weighted by Gasteiger charge is -2.29. The van der Waals surface area contributed by atoms with Gasteiger partial charge in [-0.15, -0.1) is 0 Å². The topological polar surface area (TPSA) is 71.8 Å². The Hall–Kier alpha value is -1.69. The molecular formula is C12H20N6. The third-order valence-electron chi connectivity index (χ3n) is 3.07. The summed E-state index contributed by atoms with van der Waals surface area (Å²) >= 11 is 0. The average molecular weight is 248 g/mol. The molecule has 1 aliphatic rings. The highest BCUT2D eigenvalue weighted by atomic mass is 15.3. The first kappa shape index (κ1) is 12.8. The minimum absolute atomic E-state index is 0.262. The number of aliphatic imine (C=N–C) groups is 2. The molecule has 18 heavy (non-hydrogen) atoms. The quantitative estimate of drug-likeness (QED) is 0.631. The molecule has 0 bridgehead atoms. The fourth-order valence-corrected chi connectivity index (χ4v) is 2.23. The van der Waals surface area contributed by atoms with Crippen LogP contribution in [0.1, 0.15) is 25.8 Å². The molecule has 1 unspecified atom stereocenters. The number of hydrogen-bond donors (Lipinski definition) is 1. The molecule has 0 spiro atoms. The zero-order chi connectivity index (χ0) is 13.0. The molecule has 1 aliphatic heterocycles. The first-order valence-electron chi connectivity index (χ1n) is 6.24. The van der Waals surface area contributed by atoms with E-state index in [0.717, 1.165) is 18.7 Å². The van der Waals surface area contributed by atoms with E-state index in [9.17, 15) is 0 Å². The summed E-state index contributed by atoms with van der Waals surface area (Å²) in [6.45, 7) is 4.01. The highest BCUT2D eigenvalue weighted by molar-refractivity contribution is 5.87. The van der Waals surface area contributed by atoms with Crippen LogP contribution in [0.4, 0.5) is 5.69 Å². The van der Waals surface area contributed by atoms with Gasteiger partial charge in [0, 0.05) is 12.8 Å². The Morgan fingerprint density at radius 1 is 1.61 bits per heavy atom. The monoisotopic (exact) mass is 248 g/mol. The van der Waals surface area contributed by atoms with Crippen LogP contribution in [0.3, 0.4) is 0 Å². The molecule has 2 N–H and O–H groups in total. The maximum absolute atomic E-state index is 5.63. The van der Waals surface area contributed by atoms with Crippen molar-refractivity contribution < 1.29 is 0 Å². The van der Waals surface area contributed by atoms with E-state index in [0.29, 0.717) is 6.04 Å². The normalized spacial score (nSPS) is 22.8. The molecule has 0 amide bonds. The second-order valence-electron chi connectivity index (χ2n) is 4.59. The molecule has 2 rings (SSSR count). The van der Waals surface area contributed by atoms with E-state index >= 15 is 0 Å². The van der Waals surface area contributed by atoms with E-state index in [-0.39, 0.29) is 5.96 Å². The van der Waals surface area contributed by atoms with Gasteiger partial charge in [-0.1, -0.05) is 0 Å². The van der Waals surface area contributed by atoms with Crippen molar-refractivity contribution >= 4 is 17.9 Å². The second-order valence-corrected chi connectivity index (χ2v) is 4.59. The van der Waals surface area contributed by atoms with Crippen LogP contribution < -0.4 is 5.73 Å². The minimum atomic E-state index is 0.262. The number of nitrogens with zero attached hydrogens (tertiary/aromatic N) is 5. The molecular weight excluding hydrogens is 228 g/mol. The van der Waals surface area contributed by atoms with Crippen LogP contribution in [0.5, 0.6) is 0 Å². The lowest BCUT2D eigenvalue weighted by molar-refractivity contribution is 0.202. The first-order valence-corrected chi connectivity index (χ1v) is 6.24. The van der Waals surface area contributed by atoms with Crippen LogP contribution >= 0.6 is 0 Å². The fraction of sp³-hybridized carbons (Fsp3) is 0.583. The van der Waals surface area contributed by atoms with E-state index in [1.54, 1.807) is 12.4 Å². The van der Waals surface area contributed by atoms with Gasteiger partial charge in [0.15, 0.2) is 0 Å². The van der Waals surface area contributed by atoms with Gasteiger partial charge in [0.05, 0.1) is 18.4 Å². The molecule has 1 atom stereocenters.